The number of phenolic OH excluding ortho intramolecular Hbond substituents is 2. The zero-order valence-electron chi connectivity index (χ0n) is 15.5. The van der Waals surface area contributed by atoms with Crippen LogP contribution in [0, 0.1) is 0 Å². The third kappa shape index (κ3) is 4.15. The minimum Gasteiger partial charge on any atom is -0.504 e. The van der Waals surface area contributed by atoms with Gasteiger partial charge in [0.15, 0.2) is 23.0 Å². The summed E-state index contributed by atoms with van der Waals surface area (Å²) in [5, 5.41) is 20.5. The fraction of sp³-hybridized carbons (Fsp3) is 0.350. The van der Waals surface area contributed by atoms with Gasteiger partial charge in [-0.15, -0.1) is 0 Å². The van der Waals surface area contributed by atoms with Crippen LogP contribution in [0.15, 0.2) is 41.4 Å². The van der Waals surface area contributed by atoms with Crippen molar-refractivity contribution in [3.05, 3.63) is 47.5 Å². The van der Waals surface area contributed by atoms with E-state index < -0.39 is 0 Å². The molecular formula is C20H24N2O5. The SMILES string of the molecule is COc1cccc(C=NCCN2CCOC2c2cccc(OC)c2O)c1O. The fourth-order valence-electron chi connectivity index (χ4n) is 3.08. The van der Waals surface area contributed by atoms with Gasteiger partial charge >= 0.3 is 0 Å². The number of hydrogen-bond acceptors (Lipinski definition) is 7. The summed E-state index contributed by atoms with van der Waals surface area (Å²) in [5.74, 6) is 1.02. The Balaban J connectivity index is 1.64. The zero-order chi connectivity index (χ0) is 19.2. The lowest BCUT2D eigenvalue weighted by atomic mass is 10.1. The van der Waals surface area contributed by atoms with E-state index in [1.807, 2.05) is 12.1 Å². The third-order valence-electron chi connectivity index (χ3n) is 4.50. The van der Waals surface area contributed by atoms with Crippen molar-refractivity contribution in [2.24, 2.45) is 4.99 Å². The summed E-state index contributed by atoms with van der Waals surface area (Å²) in [7, 11) is 3.03. The minimum atomic E-state index is -0.333. The van der Waals surface area contributed by atoms with Crippen LogP contribution in [-0.4, -0.2) is 61.8 Å². The maximum absolute atomic E-state index is 10.4. The Bertz CT molecular complexity index is 809. The molecule has 0 spiro atoms. The van der Waals surface area contributed by atoms with Crippen molar-refractivity contribution in [2.45, 2.75) is 6.23 Å². The number of rotatable bonds is 7. The summed E-state index contributed by atoms with van der Waals surface area (Å²) in [4.78, 5) is 6.51. The molecule has 1 aliphatic rings. The summed E-state index contributed by atoms with van der Waals surface area (Å²) >= 11 is 0. The van der Waals surface area contributed by atoms with Crippen LogP contribution in [0.5, 0.6) is 23.0 Å². The van der Waals surface area contributed by atoms with Crippen molar-refractivity contribution in [2.75, 3.05) is 40.5 Å². The Morgan fingerprint density at radius 3 is 2.56 bits per heavy atom. The molecule has 1 atom stereocenters. The number of para-hydroxylation sites is 2. The predicted molar refractivity (Wildman–Crippen MR) is 102 cm³/mol. The van der Waals surface area contributed by atoms with Gasteiger partial charge in [0.1, 0.15) is 6.23 Å². The molecule has 7 nitrogen and oxygen atoms in total. The summed E-state index contributed by atoms with van der Waals surface area (Å²) in [6.45, 7) is 2.52. The maximum atomic E-state index is 10.4. The highest BCUT2D eigenvalue weighted by Crippen LogP contribution is 2.38. The van der Waals surface area contributed by atoms with Gasteiger partial charge in [-0.2, -0.15) is 0 Å². The summed E-state index contributed by atoms with van der Waals surface area (Å²) in [5.41, 5.74) is 1.29. The van der Waals surface area contributed by atoms with Gasteiger partial charge in [0.05, 0.1) is 27.4 Å². The molecule has 2 N–H and O–H groups in total. The standard InChI is InChI=1S/C20H24N2O5/c1-25-16-7-3-5-14(18(16)23)13-21-9-10-22-11-12-27-20(22)15-6-4-8-17(26-2)19(15)24/h3-8,13,20,23-24H,9-12H2,1-2H3. The molecule has 0 saturated carbocycles. The molecule has 3 rings (SSSR count). The van der Waals surface area contributed by atoms with Crippen LogP contribution < -0.4 is 9.47 Å². The van der Waals surface area contributed by atoms with Crippen LogP contribution in [0.25, 0.3) is 0 Å². The molecule has 1 heterocycles. The molecule has 27 heavy (non-hydrogen) atoms. The minimum absolute atomic E-state index is 0.0763. The molecule has 2 aromatic rings. The van der Waals surface area contributed by atoms with Crippen LogP contribution in [0.2, 0.25) is 0 Å². The summed E-state index contributed by atoms with van der Waals surface area (Å²) in [6, 6.07) is 10.6. The van der Waals surface area contributed by atoms with Crippen molar-refractivity contribution in [1.29, 1.82) is 0 Å². The predicted octanol–water partition coefficient (Wildman–Crippen LogP) is 2.56. The van der Waals surface area contributed by atoms with Gasteiger partial charge in [-0.1, -0.05) is 18.2 Å². The molecule has 2 aromatic carbocycles. The summed E-state index contributed by atoms with van der Waals surface area (Å²) < 4.78 is 16.1. The van der Waals surface area contributed by atoms with E-state index in [2.05, 4.69) is 9.89 Å². The first-order chi connectivity index (χ1) is 13.2. The molecule has 1 fully saturated rings. The maximum Gasteiger partial charge on any atom is 0.166 e. The quantitative estimate of drug-likeness (QED) is 0.727. The van der Waals surface area contributed by atoms with Crippen molar-refractivity contribution >= 4 is 6.21 Å². The molecule has 1 aliphatic heterocycles. The van der Waals surface area contributed by atoms with Crippen LogP contribution in [-0.2, 0) is 4.74 Å². The van der Waals surface area contributed by atoms with Gasteiger partial charge in [0.2, 0.25) is 0 Å². The number of aromatic hydroxyl groups is 2. The lowest BCUT2D eigenvalue weighted by molar-refractivity contribution is 0.0322. The highest BCUT2D eigenvalue weighted by atomic mass is 16.5. The van der Waals surface area contributed by atoms with E-state index in [1.54, 1.807) is 30.5 Å². The Kier molecular flexibility index (Phi) is 6.16. The van der Waals surface area contributed by atoms with Gasteiger partial charge in [-0.05, 0) is 18.2 Å². The van der Waals surface area contributed by atoms with Crippen molar-refractivity contribution in [3.8, 4) is 23.0 Å². The Hall–Kier alpha value is -2.77. The van der Waals surface area contributed by atoms with Gasteiger partial charge in [0.25, 0.3) is 0 Å². The summed E-state index contributed by atoms with van der Waals surface area (Å²) in [6.07, 6.45) is 1.30. The average molecular weight is 372 g/mol. The van der Waals surface area contributed by atoms with E-state index in [-0.39, 0.29) is 17.7 Å². The Labute approximate surface area is 158 Å². The van der Waals surface area contributed by atoms with Crippen molar-refractivity contribution < 1.29 is 24.4 Å². The normalized spacial score (nSPS) is 17.5. The average Bonchev–Trinajstić information content (AvgIpc) is 3.15. The molecule has 144 valence electrons. The molecule has 1 saturated heterocycles. The lowest BCUT2D eigenvalue weighted by Gasteiger charge is -2.23. The molecule has 1 unspecified atom stereocenters. The van der Waals surface area contributed by atoms with Gasteiger partial charge in [-0.3, -0.25) is 9.89 Å². The first-order valence-electron chi connectivity index (χ1n) is 8.73. The molecular weight excluding hydrogens is 348 g/mol. The number of benzene rings is 2. The number of aliphatic imine (C=N–C) groups is 1. The number of hydrogen-bond donors (Lipinski definition) is 2. The third-order valence-corrected chi connectivity index (χ3v) is 4.50. The van der Waals surface area contributed by atoms with Gasteiger partial charge in [0, 0.05) is 30.4 Å². The topological polar surface area (TPSA) is 83.8 Å². The van der Waals surface area contributed by atoms with Crippen LogP contribution in [0.3, 0.4) is 0 Å². The second-order valence-corrected chi connectivity index (χ2v) is 6.09. The zero-order valence-corrected chi connectivity index (χ0v) is 15.5. The van der Waals surface area contributed by atoms with Gasteiger partial charge in [-0.25, -0.2) is 0 Å². The smallest absolute Gasteiger partial charge is 0.166 e. The lowest BCUT2D eigenvalue weighted by Crippen LogP contribution is -2.26. The largest absolute Gasteiger partial charge is 0.504 e. The molecule has 0 aliphatic carbocycles. The highest BCUT2D eigenvalue weighted by Gasteiger charge is 2.29. The van der Waals surface area contributed by atoms with E-state index in [9.17, 15) is 10.2 Å². The highest BCUT2D eigenvalue weighted by molar-refractivity contribution is 5.84. The second-order valence-electron chi connectivity index (χ2n) is 6.09. The number of nitrogens with zero attached hydrogens (tertiary/aromatic N) is 2. The van der Waals surface area contributed by atoms with E-state index >= 15 is 0 Å². The van der Waals surface area contributed by atoms with Crippen molar-refractivity contribution in [3.63, 3.8) is 0 Å². The van der Waals surface area contributed by atoms with E-state index in [0.717, 1.165) is 6.54 Å². The first kappa shape index (κ1) is 19.0. The number of phenols is 2. The van der Waals surface area contributed by atoms with Crippen molar-refractivity contribution in [1.82, 2.24) is 4.90 Å². The molecule has 0 bridgehead atoms. The first-order valence-corrected chi connectivity index (χ1v) is 8.73. The second kappa shape index (κ2) is 8.75. The van der Waals surface area contributed by atoms with E-state index in [1.165, 1.54) is 14.2 Å². The fourth-order valence-corrected chi connectivity index (χ4v) is 3.08. The van der Waals surface area contributed by atoms with Crippen LogP contribution in [0.4, 0.5) is 0 Å². The van der Waals surface area contributed by atoms with Crippen LogP contribution in [0.1, 0.15) is 17.4 Å². The molecule has 0 amide bonds. The Morgan fingerprint density at radius 2 is 1.81 bits per heavy atom. The van der Waals surface area contributed by atoms with Gasteiger partial charge < -0.3 is 24.4 Å². The van der Waals surface area contributed by atoms with E-state index in [4.69, 9.17) is 14.2 Å². The molecule has 0 aromatic heterocycles. The molecule has 7 heteroatoms. The number of methoxy groups -OCH3 is 2. The molecule has 0 radical (unpaired) electrons. The monoisotopic (exact) mass is 372 g/mol. The Morgan fingerprint density at radius 1 is 1.11 bits per heavy atom. The number of ether oxygens (including phenoxy) is 3. The van der Waals surface area contributed by atoms with Crippen LogP contribution >= 0.6 is 0 Å². The van der Waals surface area contributed by atoms with E-state index in [0.29, 0.717) is 42.3 Å².